The lowest BCUT2D eigenvalue weighted by Crippen LogP contribution is -2.15. The van der Waals surface area contributed by atoms with Gasteiger partial charge in [-0.2, -0.15) is 0 Å². The zero-order chi connectivity index (χ0) is 21.5. The fraction of sp³-hybridized carbons (Fsp3) is 0.143. The van der Waals surface area contributed by atoms with Gasteiger partial charge in [0, 0.05) is 6.07 Å². The summed E-state index contributed by atoms with van der Waals surface area (Å²) in [6.07, 6.45) is 0. The zero-order valence-electron chi connectivity index (χ0n) is 16.4. The van der Waals surface area contributed by atoms with E-state index in [-0.39, 0.29) is 29.5 Å². The lowest BCUT2D eigenvalue weighted by atomic mass is 10.1. The van der Waals surface area contributed by atoms with E-state index in [1.807, 2.05) is 13.0 Å². The van der Waals surface area contributed by atoms with Crippen molar-refractivity contribution in [2.45, 2.75) is 6.92 Å². The van der Waals surface area contributed by atoms with Crippen molar-refractivity contribution in [1.29, 1.82) is 0 Å². The maximum Gasteiger partial charge on any atom is 0.332 e. The quantitative estimate of drug-likeness (QED) is 0.505. The average Bonchev–Trinajstić information content (AvgIpc) is 3.36. The molecule has 0 unspecified atom stereocenters. The van der Waals surface area contributed by atoms with Crippen LogP contribution in [0.3, 0.4) is 0 Å². The van der Waals surface area contributed by atoms with Crippen LogP contribution in [0.5, 0.6) is 17.2 Å². The molecule has 5 rings (SSSR count). The number of para-hydroxylation sites is 1. The number of carbonyl (C=O) groups is 1. The number of hydrogen-bond donors (Lipinski definition) is 2. The minimum atomic E-state index is -0.790. The van der Waals surface area contributed by atoms with Crippen LogP contribution in [0, 0.1) is 0 Å². The number of hydrogen-bond acceptors (Lipinski definition) is 7. The highest BCUT2D eigenvalue weighted by molar-refractivity contribution is 6.02. The summed E-state index contributed by atoms with van der Waals surface area (Å²) in [4.78, 5) is 36.5. The number of nitrogens with zero attached hydrogens (tertiary/aromatic N) is 3. The molecule has 0 bridgehead atoms. The summed E-state index contributed by atoms with van der Waals surface area (Å²) in [7, 11) is 0. The smallest absolute Gasteiger partial charge is 0.332 e. The number of imidazole rings is 1. The molecule has 156 valence electrons. The first-order chi connectivity index (χ1) is 15.1. The summed E-state index contributed by atoms with van der Waals surface area (Å²) in [6, 6.07) is 12.2. The minimum absolute atomic E-state index is 0.0945. The number of nitrogens with one attached hydrogen (secondary N) is 1. The molecule has 0 spiro atoms. The molecule has 0 saturated carbocycles. The van der Waals surface area contributed by atoms with Gasteiger partial charge in [0.25, 0.3) is 5.91 Å². The zero-order valence-corrected chi connectivity index (χ0v) is 16.4. The Balaban J connectivity index is 1.79. The third-order valence-electron chi connectivity index (χ3n) is 4.81. The second-order valence-electron chi connectivity index (χ2n) is 6.69. The third kappa shape index (κ3) is 3.05. The molecule has 0 saturated heterocycles. The highest BCUT2D eigenvalue weighted by Gasteiger charge is 2.23. The summed E-state index contributed by atoms with van der Waals surface area (Å²) >= 11 is 0. The number of aromatic amines is 1. The summed E-state index contributed by atoms with van der Waals surface area (Å²) < 4.78 is 17.8. The molecule has 3 heterocycles. The van der Waals surface area contributed by atoms with Crippen molar-refractivity contribution in [3.63, 3.8) is 0 Å². The van der Waals surface area contributed by atoms with Crippen LogP contribution in [-0.2, 0) is 0 Å². The molecule has 0 atom stereocenters. The van der Waals surface area contributed by atoms with E-state index in [2.05, 4.69) is 15.0 Å². The Morgan fingerprint density at radius 1 is 1.19 bits per heavy atom. The van der Waals surface area contributed by atoms with E-state index in [9.17, 15) is 9.59 Å². The number of rotatable bonds is 5. The molecule has 3 N–H and O–H groups in total. The van der Waals surface area contributed by atoms with Crippen molar-refractivity contribution in [3.05, 3.63) is 58.6 Å². The summed E-state index contributed by atoms with van der Waals surface area (Å²) in [5, 5.41) is 0. The molecule has 0 aliphatic carbocycles. The number of nitrogens with two attached hydrogens (primary N) is 1. The van der Waals surface area contributed by atoms with Gasteiger partial charge in [-0.1, -0.05) is 12.1 Å². The first kappa shape index (κ1) is 18.7. The Bertz CT molecular complexity index is 1390. The molecular weight excluding hydrogens is 402 g/mol. The molecule has 4 aromatic rings. The molecule has 2 aromatic heterocycles. The van der Waals surface area contributed by atoms with Crippen molar-refractivity contribution >= 4 is 17.1 Å². The number of carbonyl (C=O) groups excluding carboxylic acids is 1. The number of H-pyrrole nitrogens is 1. The number of benzene rings is 2. The fourth-order valence-corrected chi connectivity index (χ4v) is 3.48. The first-order valence-corrected chi connectivity index (χ1v) is 9.51. The highest BCUT2D eigenvalue weighted by atomic mass is 16.7. The number of ether oxygens (including phenoxy) is 3. The van der Waals surface area contributed by atoms with Crippen LogP contribution < -0.4 is 25.6 Å². The van der Waals surface area contributed by atoms with E-state index in [1.165, 1.54) is 4.57 Å². The predicted molar refractivity (Wildman–Crippen MR) is 111 cm³/mol. The van der Waals surface area contributed by atoms with Crippen molar-refractivity contribution in [1.82, 2.24) is 19.5 Å². The summed E-state index contributed by atoms with van der Waals surface area (Å²) in [6.45, 7) is 2.40. The molecule has 0 fully saturated rings. The van der Waals surface area contributed by atoms with E-state index >= 15 is 0 Å². The van der Waals surface area contributed by atoms with Gasteiger partial charge in [-0.25, -0.2) is 19.3 Å². The van der Waals surface area contributed by atoms with Gasteiger partial charge in [0.05, 0.1) is 17.9 Å². The SMILES string of the molecule is CCOc1ccccc1-c1nc(C(N)=O)c2[nH]c(=O)n(-c3ccc4c(c3)OCO4)c2n1. The molecule has 10 nitrogen and oxygen atoms in total. The van der Waals surface area contributed by atoms with Gasteiger partial charge in [-0.15, -0.1) is 0 Å². The largest absolute Gasteiger partial charge is 0.493 e. The normalized spacial score (nSPS) is 12.3. The Morgan fingerprint density at radius 3 is 2.81 bits per heavy atom. The monoisotopic (exact) mass is 419 g/mol. The second kappa shape index (κ2) is 7.17. The fourth-order valence-electron chi connectivity index (χ4n) is 3.48. The van der Waals surface area contributed by atoms with Crippen LogP contribution in [0.15, 0.2) is 47.3 Å². The van der Waals surface area contributed by atoms with Gasteiger partial charge >= 0.3 is 5.69 Å². The van der Waals surface area contributed by atoms with Crippen LogP contribution in [0.2, 0.25) is 0 Å². The average molecular weight is 419 g/mol. The number of aromatic nitrogens is 4. The van der Waals surface area contributed by atoms with E-state index < -0.39 is 11.6 Å². The van der Waals surface area contributed by atoms with Gasteiger partial charge < -0.3 is 24.9 Å². The van der Waals surface area contributed by atoms with Crippen molar-refractivity contribution in [2.24, 2.45) is 5.73 Å². The Labute approximate surface area is 175 Å². The highest BCUT2D eigenvalue weighted by Crippen LogP contribution is 2.34. The summed E-state index contributed by atoms with van der Waals surface area (Å²) in [5.41, 5.74) is 6.38. The second-order valence-corrected chi connectivity index (χ2v) is 6.69. The van der Waals surface area contributed by atoms with E-state index in [1.54, 1.807) is 36.4 Å². The van der Waals surface area contributed by atoms with Crippen LogP contribution >= 0.6 is 0 Å². The van der Waals surface area contributed by atoms with E-state index in [4.69, 9.17) is 19.9 Å². The van der Waals surface area contributed by atoms with Gasteiger partial charge in [-0.05, 0) is 31.2 Å². The lowest BCUT2D eigenvalue weighted by molar-refractivity contribution is 0.0997. The van der Waals surface area contributed by atoms with Crippen molar-refractivity contribution < 1.29 is 19.0 Å². The number of amides is 1. The molecule has 1 aliphatic heterocycles. The standard InChI is InChI=1S/C21H17N5O5/c1-2-29-13-6-4-3-5-12(13)19-23-16(18(22)27)17-20(25-19)26(21(28)24-17)11-7-8-14-15(9-11)31-10-30-14/h3-9H,2,10H2,1H3,(H2,22,27)(H,24,28). The van der Waals surface area contributed by atoms with Gasteiger partial charge in [0.1, 0.15) is 11.3 Å². The van der Waals surface area contributed by atoms with Crippen molar-refractivity contribution in [2.75, 3.05) is 13.4 Å². The van der Waals surface area contributed by atoms with Crippen LogP contribution in [0.1, 0.15) is 17.4 Å². The molecule has 1 amide bonds. The Hall–Kier alpha value is -4.34. The Kier molecular flexibility index (Phi) is 4.32. The molecule has 1 aliphatic rings. The summed E-state index contributed by atoms with van der Waals surface area (Å²) in [5.74, 6) is 1.05. The predicted octanol–water partition coefficient (Wildman–Crippen LogP) is 2.00. The Morgan fingerprint density at radius 2 is 2.00 bits per heavy atom. The molecular formula is C21H17N5O5. The third-order valence-corrected chi connectivity index (χ3v) is 4.81. The van der Waals surface area contributed by atoms with E-state index in [0.717, 1.165) is 0 Å². The topological polar surface area (TPSA) is 134 Å². The maximum atomic E-state index is 12.8. The van der Waals surface area contributed by atoms with Gasteiger partial charge in [-0.3, -0.25) is 4.79 Å². The first-order valence-electron chi connectivity index (χ1n) is 9.51. The maximum absolute atomic E-state index is 12.8. The molecule has 2 aromatic carbocycles. The van der Waals surface area contributed by atoms with E-state index in [0.29, 0.717) is 35.1 Å². The molecule has 10 heteroatoms. The van der Waals surface area contributed by atoms with Gasteiger partial charge in [0.15, 0.2) is 28.7 Å². The van der Waals surface area contributed by atoms with Crippen LogP contribution in [0.4, 0.5) is 0 Å². The number of primary amides is 1. The van der Waals surface area contributed by atoms with Crippen LogP contribution in [-0.4, -0.2) is 38.8 Å². The van der Waals surface area contributed by atoms with Gasteiger partial charge in [0.2, 0.25) is 6.79 Å². The molecule has 31 heavy (non-hydrogen) atoms. The van der Waals surface area contributed by atoms with Crippen LogP contribution in [0.25, 0.3) is 28.2 Å². The lowest BCUT2D eigenvalue weighted by Gasteiger charge is -2.10. The minimum Gasteiger partial charge on any atom is -0.493 e. The number of fused-ring (bicyclic) bond motifs is 2. The van der Waals surface area contributed by atoms with Crippen molar-refractivity contribution in [3.8, 4) is 34.3 Å². The molecule has 0 radical (unpaired) electrons.